The maximum absolute atomic E-state index is 12.2. The Kier molecular flexibility index (Phi) is 3.41. The molecule has 0 heterocycles. The van der Waals surface area contributed by atoms with Crippen LogP contribution in [0, 0.1) is 6.92 Å². The summed E-state index contributed by atoms with van der Waals surface area (Å²) in [7, 11) is -3.22. The number of rotatable bonds is 3. The van der Waals surface area contributed by atoms with Gasteiger partial charge in [0.2, 0.25) is 10.0 Å². The van der Waals surface area contributed by atoms with Crippen molar-refractivity contribution in [3.8, 4) is 0 Å². The summed E-state index contributed by atoms with van der Waals surface area (Å²) >= 11 is 0. The van der Waals surface area contributed by atoms with E-state index in [1.54, 1.807) is 19.1 Å². The normalized spacial score (nSPS) is 12.4. The fraction of sp³-hybridized carbons (Fsp3) is 0.333. The van der Waals surface area contributed by atoms with E-state index in [1.165, 1.54) is 12.1 Å². The maximum Gasteiger partial charge on any atom is 0.307 e. The lowest BCUT2D eigenvalue weighted by atomic mass is 10.2. The largest absolute Gasteiger partial charge is 0.307 e. The van der Waals surface area contributed by atoms with Gasteiger partial charge in [-0.05, 0) is 19.1 Å². The van der Waals surface area contributed by atoms with Crippen LogP contribution in [0.4, 0.5) is 8.78 Å². The molecule has 0 unspecified atom stereocenters. The van der Waals surface area contributed by atoms with Gasteiger partial charge in [0.05, 0.1) is 4.90 Å². The van der Waals surface area contributed by atoms with Crippen molar-refractivity contribution in [2.24, 2.45) is 0 Å². The van der Waals surface area contributed by atoms with Gasteiger partial charge in [-0.2, -0.15) is 8.78 Å². The molecule has 0 aromatic heterocycles. The zero-order valence-electron chi connectivity index (χ0n) is 8.31. The molecule has 0 radical (unpaired) electrons. The van der Waals surface area contributed by atoms with Crippen LogP contribution in [-0.4, -0.2) is 26.3 Å². The lowest BCUT2D eigenvalue weighted by Crippen LogP contribution is -2.31. The standard InChI is InChI=1S/C9H11F2NO2S/c1-7-3-5-8(6-4-7)15(13,14)12(2)9(10)11/h3-6,9H,1-2H3. The van der Waals surface area contributed by atoms with Crippen LogP contribution >= 0.6 is 0 Å². The number of nitrogens with zero attached hydrogens (tertiary/aromatic N) is 1. The molecule has 0 fully saturated rings. The Balaban J connectivity index is 3.12. The molecular weight excluding hydrogens is 224 g/mol. The van der Waals surface area contributed by atoms with Gasteiger partial charge in [0.1, 0.15) is 0 Å². The van der Waals surface area contributed by atoms with Crippen molar-refractivity contribution in [3.63, 3.8) is 0 Å². The zero-order chi connectivity index (χ0) is 11.6. The molecule has 15 heavy (non-hydrogen) atoms. The van der Waals surface area contributed by atoms with Crippen molar-refractivity contribution in [1.29, 1.82) is 0 Å². The number of hydrogen-bond donors (Lipinski definition) is 0. The van der Waals surface area contributed by atoms with Crippen LogP contribution in [0.5, 0.6) is 0 Å². The van der Waals surface area contributed by atoms with Crippen LogP contribution < -0.4 is 0 Å². The highest BCUT2D eigenvalue weighted by atomic mass is 32.2. The van der Waals surface area contributed by atoms with E-state index in [4.69, 9.17) is 0 Å². The molecule has 1 aromatic rings. The molecule has 1 rings (SSSR count). The first kappa shape index (κ1) is 12.1. The molecule has 0 amide bonds. The Bertz CT molecular complexity index is 428. The molecule has 0 spiro atoms. The molecule has 0 aliphatic heterocycles. The van der Waals surface area contributed by atoms with E-state index in [0.717, 1.165) is 12.6 Å². The number of sulfonamides is 1. The van der Waals surface area contributed by atoms with Crippen molar-refractivity contribution >= 4 is 10.0 Å². The predicted octanol–water partition coefficient (Wildman–Crippen LogP) is 1.84. The Morgan fingerprint density at radius 2 is 1.67 bits per heavy atom. The van der Waals surface area contributed by atoms with Crippen LogP contribution in [0.25, 0.3) is 0 Å². The molecule has 0 aliphatic rings. The molecule has 0 saturated heterocycles. The summed E-state index contributed by atoms with van der Waals surface area (Å²) < 4.78 is 47.6. The molecule has 84 valence electrons. The summed E-state index contributed by atoms with van der Waals surface area (Å²) in [5.74, 6) is 0. The van der Waals surface area contributed by atoms with Gasteiger partial charge >= 0.3 is 6.55 Å². The molecule has 3 nitrogen and oxygen atoms in total. The minimum atomic E-state index is -4.07. The second kappa shape index (κ2) is 4.24. The van der Waals surface area contributed by atoms with Crippen molar-refractivity contribution in [1.82, 2.24) is 4.31 Å². The molecule has 0 bridgehead atoms. The Morgan fingerprint density at radius 3 is 2.07 bits per heavy atom. The lowest BCUT2D eigenvalue weighted by molar-refractivity contribution is 0.0464. The number of hydrogen-bond acceptors (Lipinski definition) is 2. The van der Waals surface area contributed by atoms with E-state index in [9.17, 15) is 17.2 Å². The quantitative estimate of drug-likeness (QED) is 0.750. The molecule has 6 heteroatoms. The molecular formula is C9H11F2NO2S. The third kappa shape index (κ3) is 2.51. The van der Waals surface area contributed by atoms with Gasteiger partial charge in [0, 0.05) is 7.05 Å². The number of alkyl halides is 2. The summed E-state index contributed by atoms with van der Waals surface area (Å²) in [6, 6.07) is 5.74. The van der Waals surface area contributed by atoms with Crippen LogP contribution in [0.1, 0.15) is 5.56 Å². The van der Waals surface area contributed by atoms with Crippen molar-refractivity contribution in [2.45, 2.75) is 18.4 Å². The summed E-state index contributed by atoms with van der Waals surface area (Å²) in [5, 5.41) is 0. The van der Waals surface area contributed by atoms with Crippen LogP contribution in [-0.2, 0) is 10.0 Å². The van der Waals surface area contributed by atoms with Gasteiger partial charge in [-0.25, -0.2) is 8.42 Å². The van der Waals surface area contributed by atoms with Crippen LogP contribution in [0.3, 0.4) is 0 Å². The lowest BCUT2D eigenvalue weighted by Gasteiger charge is -2.15. The van der Waals surface area contributed by atoms with E-state index in [1.807, 2.05) is 0 Å². The highest BCUT2D eigenvalue weighted by Gasteiger charge is 2.27. The van der Waals surface area contributed by atoms with Gasteiger partial charge in [0.15, 0.2) is 0 Å². The molecule has 0 atom stereocenters. The zero-order valence-corrected chi connectivity index (χ0v) is 9.13. The smallest absolute Gasteiger partial charge is 0.207 e. The van der Waals surface area contributed by atoms with E-state index in [-0.39, 0.29) is 9.20 Å². The monoisotopic (exact) mass is 235 g/mol. The first-order chi connectivity index (χ1) is 6.85. The van der Waals surface area contributed by atoms with E-state index < -0.39 is 16.6 Å². The van der Waals surface area contributed by atoms with Gasteiger partial charge in [-0.1, -0.05) is 17.7 Å². The van der Waals surface area contributed by atoms with Gasteiger partial charge in [-0.3, -0.25) is 0 Å². The van der Waals surface area contributed by atoms with Crippen LogP contribution in [0.2, 0.25) is 0 Å². The average molecular weight is 235 g/mol. The Labute approximate surface area is 87.4 Å². The third-order valence-electron chi connectivity index (χ3n) is 1.97. The second-order valence-corrected chi connectivity index (χ2v) is 5.11. The van der Waals surface area contributed by atoms with E-state index in [0.29, 0.717) is 0 Å². The summed E-state index contributed by atoms with van der Waals surface area (Å²) in [5.41, 5.74) is 0.869. The SMILES string of the molecule is Cc1ccc(S(=O)(=O)N(C)C(F)F)cc1. The highest BCUT2D eigenvalue weighted by molar-refractivity contribution is 7.89. The number of halogens is 2. The summed E-state index contributed by atoms with van der Waals surface area (Å²) in [6.45, 7) is -1.25. The molecule has 0 aliphatic carbocycles. The van der Waals surface area contributed by atoms with Crippen molar-refractivity contribution < 1.29 is 17.2 Å². The van der Waals surface area contributed by atoms with Crippen molar-refractivity contribution in [2.75, 3.05) is 7.05 Å². The summed E-state index contributed by atoms with van der Waals surface area (Å²) in [4.78, 5) is -0.129. The Morgan fingerprint density at radius 1 is 1.20 bits per heavy atom. The second-order valence-electron chi connectivity index (χ2n) is 3.11. The van der Waals surface area contributed by atoms with Crippen LogP contribution in [0.15, 0.2) is 29.2 Å². The highest BCUT2D eigenvalue weighted by Crippen LogP contribution is 2.17. The van der Waals surface area contributed by atoms with Gasteiger partial charge in [0.25, 0.3) is 0 Å². The van der Waals surface area contributed by atoms with Gasteiger partial charge < -0.3 is 0 Å². The first-order valence-corrected chi connectivity index (χ1v) is 5.62. The minimum absolute atomic E-state index is 0.0394. The average Bonchev–Trinajstić information content (AvgIpc) is 2.17. The summed E-state index contributed by atoms with van der Waals surface area (Å²) in [6.07, 6.45) is 0. The number of aryl methyl sites for hydroxylation is 1. The molecule has 0 saturated carbocycles. The Hall–Kier alpha value is -1.01. The van der Waals surface area contributed by atoms with Crippen molar-refractivity contribution in [3.05, 3.63) is 29.8 Å². The topological polar surface area (TPSA) is 37.4 Å². The minimum Gasteiger partial charge on any atom is -0.207 e. The third-order valence-corrected chi connectivity index (χ3v) is 3.76. The fourth-order valence-electron chi connectivity index (χ4n) is 0.981. The maximum atomic E-state index is 12.2. The molecule has 0 N–H and O–H groups in total. The molecule has 1 aromatic carbocycles. The first-order valence-electron chi connectivity index (χ1n) is 4.18. The number of benzene rings is 1. The predicted molar refractivity (Wildman–Crippen MR) is 52.1 cm³/mol. The fourth-order valence-corrected chi connectivity index (χ4v) is 2.00. The van der Waals surface area contributed by atoms with Gasteiger partial charge in [-0.15, -0.1) is 4.31 Å². The van der Waals surface area contributed by atoms with E-state index in [2.05, 4.69) is 0 Å². The van der Waals surface area contributed by atoms with E-state index >= 15 is 0 Å².